The molecule has 3 rings (SSSR count). The molecule has 0 aliphatic heterocycles. The fourth-order valence-corrected chi connectivity index (χ4v) is 2.39. The molecule has 0 spiro atoms. The normalized spacial score (nSPS) is 13.9. The summed E-state index contributed by atoms with van der Waals surface area (Å²) in [6.45, 7) is 0. The molecule has 0 aromatic carbocycles. The van der Waals surface area contributed by atoms with Crippen molar-refractivity contribution in [3.05, 3.63) is 35.5 Å². The fraction of sp³-hybridized carbons (Fsp3) is 0.154. The molecule has 0 saturated carbocycles. The second-order valence-corrected chi connectivity index (χ2v) is 4.99. The Labute approximate surface area is 132 Å². The number of hydrogen-bond acceptors (Lipinski definition) is 4. The maximum Gasteiger partial charge on any atom is 0.430 e. The van der Waals surface area contributed by atoms with E-state index >= 15 is 0 Å². The summed E-state index contributed by atoms with van der Waals surface area (Å²) in [4.78, 5) is 23.6. The minimum atomic E-state index is -5.19. The van der Waals surface area contributed by atoms with E-state index in [0.717, 1.165) is 16.5 Å². The van der Waals surface area contributed by atoms with E-state index in [1.807, 2.05) is 23.9 Å². The van der Waals surface area contributed by atoms with E-state index in [0.29, 0.717) is 10.7 Å². The highest BCUT2D eigenvalue weighted by molar-refractivity contribution is 6.53. The lowest BCUT2D eigenvalue weighted by molar-refractivity contribution is -0.672. The number of aromatic nitrogens is 2. The van der Waals surface area contributed by atoms with E-state index < -0.39 is 12.1 Å². The van der Waals surface area contributed by atoms with Crippen LogP contribution in [0.25, 0.3) is 15.8 Å². The number of alkyl halides is 3. The average molecular weight is 348 g/mol. The van der Waals surface area contributed by atoms with E-state index in [-0.39, 0.29) is 11.5 Å². The molecule has 6 nitrogen and oxygen atoms in total. The number of carbonyl (C=O) groups excluding carboxylic acids is 2. The molecule has 23 heavy (non-hydrogen) atoms. The number of nitrogens with two attached hydrogens (primary N) is 1. The lowest BCUT2D eigenvalue weighted by atomic mass is 10.0. The minimum absolute atomic E-state index is 0.0970. The second kappa shape index (κ2) is 5.58. The quantitative estimate of drug-likeness (QED) is 0.671. The highest BCUT2D eigenvalue weighted by Crippen LogP contribution is 2.33. The number of ketones is 1. The molecule has 1 aliphatic rings. The Morgan fingerprint density at radius 2 is 2.00 bits per heavy atom. The topological polar surface area (TPSA) is 103 Å². The number of allylic oxidation sites excluding steroid dienone is 1. The van der Waals surface area contributed by atoms with Gasteiger partial charge in [-0.1, -0.05) is 11.6 Å². The number of aryl methyl sites for hydroxylation is 1. The van der Waals surface area contributed by atoms with Gasteiger partial charge < -0.3 is 20.6 Å². The molecule has 10 heteroatoms. The summed E-state index contributed by atoms with van der Waals surface area (Å²) in [6, 6.07) is 1.93. The van der Waals surface area contributed by atoms with Crippen molar-refractivity contribution in [3.8, 4) is 0 Å². The van der Waals surface area contributed by atoms with Crippen LogP contribution in [0.3, 0.4) is 0 Å². The number of pyridine rings is 1. The molecule has 0 saturated heterocycles. The number of nitrogens with zero attached hydrogens (tertiary/aromatic N) is 1. The van der Waals surface area contributed by atoms with Crippen LogP contribution < -0.4 is 15.4 Å². The predicted molar refractivity (Wildman–Crippen MR) is 71.8 cm³/mol. The lowest BCUT2D eigenvalue weighted by Gasteiger charge is -2.10. The standard InChI is InChI=1S/C11H8ClN3O.C2HF3O2/c1-15-3-2-5-4-14-9-6(5)10(15)7(12)8(13)11(9)16;3-2(4,5)1(6)7/h2-4H,1H3,(H2,13,14,16);(H,6,7). The van der Waals surface area contributed by atoms with Gasteiger partial charge in [0.15, 0.2) is 6.20 Å². The number of carboxylic acids is 1. The van der Waals surface area contributed by atoms with Gasteiger partial charge in [-0.25, -0.2) is 0 Å². The van der Waals surface area contributed by atoms with Gasteiger partial charge in [0, 0.05) is 17.6 Å². The largest absolute Gasteiger partial charge is 0.542 e. The summed E-state index contributed by atoms with van der Waals surface area (Å²) in [6.07, 6.45) is -1.52. The molecular formula is C13H9ClF3N3O3. The summed E-state index contributed by atoms with van der Waals surface area (Å²) in [5.41, 5.74) is 7.10. The van der Waals surface area contributed by atoms with Gasteiger partial charge in [0.05, 0.1) is 5.39 Å². The van der Waals surface area contributed by atoms with Crippen molar-refractivity contribution in [2.24, 2.45) is 12.8 Å². The van der Waals surface area contributed by atoms with Gasteiger partial charge in [0.25, 0.3) is 0 Å². The van der Waals surface area contributed by atoms with Crippen LogP contribution in [0, 0.1) is 0 Å². The number of aromatic amines is 1. The zero-order valence-corrected chi connectivity index (χ0v) is 12.2. The van der Waals surface area contributed by atoms with Crippen molar-refractivity contribution in [1.82, 2.24) is 4.98 Å². The molecule has 0 unspecified atom stereocenters. The molecule has 2 heterocycles. The molecule has 2 aromatic rings. The van der Waals surface area contributed by atoms with Gasteiger partial charge in [-0.15, -0.1) is 0 Å². The summed E-state index contributed by atoms with van der Waals surface area (Å²) in [5, 5.41) is 10.9. The summed E-state index contributed by atoms with van der Waals surface area (Å²) in [7, 11) is 1.87. The third-order valence-electron chi connectivity index (χ3n) is 3.13. The number of nitrogens with one attached hydrogen (secondary N) is 1. The maximum atomic E-state index is 11.9. The molecule has 0 amide bonds. The van der Waals surface area contributed by atoms with E-state index in [1.54, 1.807) is 6.20 Å². The Bertz CT molecular complexity index is 855. The van der Waals surface area contributed by atoms with Crippen molar-refractivity contribution in [2.75, 3.05) is 0 Å². The first-order chi connectivity index (χ1) is 10.6. The highest BCUT2D eigenvalue weighted by atomic mass is 35.5. The number of hydrogen-bond donors (Lipinski definition) is 2. The first-order valence-corrected chi connectivity index (χ1v) is 6.41. The van der Waals surface area contributed by atoms with E-state index in [9.17, 15) is 18.0 Å². The van der Waals surface area contributed by atoms with Crippen molar-refractivity contribution in [3.63, 3.8) is 0 Å². The van der Waals surface area contributed by atoms with E-state index in [4.69, 9.17) is 27.2 Å². The summed E-state index contributed by atoms with van der Waals surface area (Å²) in [5.74, 6) is -3.24. The molecule has 0 atom stereocenters. The van der Waals surface area contributed by atoms with Crippen LogP contribution in [-0.2, 0) is 11.8 Å². The third kappa shape index (κ3) is 2.87. The van der Waals surface area contributed by atoms with Gasteiger partial charge in [0.2, 0.25) is 11.5 Å². The van der Waals surface area contributed by atoms with Crippen molar-refractivity contribution < 1.29 is 32.4 Å². The van der Waals surface area contributed by atoms with Gasteiger partial charge in [0.1, 0.15) is 29.4 Å². The van der Waals surface area contributed by atoms with Gasteiger partial charge in [-0.3, -0.25) is 4.79 Å². The lowest BCUT2D eigenvalue weighted by Crippen LogP contribution is -2.37. The number of carboxylic acid groups (broad SMARTS) is 1. The molecule has 2 aromatic heterocycles. The number of halogens is 4. The molecule has 0 radical (unpaired) electrons. The second-order valence-electron chi connectivity index (χ2n) is 4.61. The van der Waals surface area contributed by atoms with E-state index in [1.165, 1.54) is 0 Å². The van der Waals surface area contributed by atoms with Gasteiger partial charge in [-0.05, 0) is 0 Å². The smallest absolute Gasteiger partial charge is 0.430 e. The van der Waals surface area contributed by atoms with Crippen LogP contribution in [0.4, 0.5) is 13.2 Å². The number of rotatable bonds is 0. The van der Waals surface area contributed by atoms with Crippen LogP contribution in [-0.4, -0.2) is 22.9 Å². The maximum absolute atomic E-state index is 11.9. The van der Waals surface area contributed by atoms with E-state index in [2.05, 4.69) is 4.98 Å². The molecule has 0 bridgehead atoms. The highest BCUT2D eigenvalue weighted by Gasteiger charge is 2.32. The average Bonchev–Trinajstić information content (AvgIpc) is 2.87. The van der Waals surface area contributed by atoms with Crippen LogP contribution in [0.1, 0.15) is 16.2 Å². The molecule has 0 fully saturated rings. The minimum Gasteiger partial charge on any atom is -0.542 e. The van der Waals surface area contributed by atoms with Gasteiger partial charge in [-0.2, -0.15) is 17.7 Å². The number of H-pyrrole nitrogens is 1. The van der Waals surface area contributed by atoms with Crippen LogP contribution in [0.5, 0.6) is 0 Å². The zero-order valence-electron chi connectivity index (χ0n) is 11.5. The number of carbonyl (C=O) groups is 2. The molecule has 122 valence electrons. The van der Waals surface area contributed by atoms with Crippen LogP contribution in [0.2, 0.25) is 0 Å². The fourth-order valence-electron chi connectivity index (χ4n) is 2.07. The Morgan fingerprint density at radius 3 is 2.52 bits per heavy atom. The van der Waals surface area contributed by atoms with Crippen LogP contribution >= 0.6 is 11.6 Å². The molecular weight excluding hydrogens is 339 g/mol. The SMILES string of the molecule is C[n+]1ccc2c[nH]c3c2c1C(Cl)=C(N)C3=O.O=C([O-])C(F)(F)F. The molecule has 1 aliphatic carbocycles. The Kier molecular flexibility index (Phi) is 4.08. The third-order valence-corrected chi connectivity index (χ3v) is 3.51. The zero-order chi connectivity index (χ0) is 17.5. The van der Waals surface area contributed by atoms with Crippen molar-refractivity contribution in [2.45, 2.75) is 6.18 Å². The summed E-state index contributed by atoms with van der Waals surface area (Å²) >= 11 is 6.12. The first kappa shape index (κ1) is 16.8. The monoisotopic (exact) mass is 347 g/mol. The Hall–Kier alpha value is -2.55. The summed E-state index contributed by atoms with van der Waals surface area (Å²) < 4.78 is 33.4. The first-order valence-electron chi connectivity index (χ1n) is 6.04. The number of Topliss-reactive ketones (excluding diaryl/α,β-unsaturated/α-hetero) is 1. The Balaban J connectivity index is 0.000000236. The Morgan fingerprint density at radius 1 is 1.43 bits per heavy atom. The van der Waals surface area contributed by atoms with Crippen molar-refractivity contribution >= 4 is 39.2 Å². The number of aliphatic carboxylic acids is 1. The predicted octanol–water partition coefficient (Wildman–Crippen LogP) is 0.353. The molecule has 3 N–H and O–H groups in total. The van der Waals surface area contributed by atoms with Crippen molar-refractivity contribution in [1.29, 1.82) is 0 Å². The van der Waals surface area contributed by atoms with Gasteiger partial charge >= 0.3 is 6.18 Å². The van der Waals surface area contributed by atoms with Crippen LogP contribution in [0.15, 0.2) is 24.2 Å².